The summed E-state index contributed by atoms with van der Waals surface area (Å²) in [5.41, 5.74) is 5.58. The molecule has 1 heterocycles. The Hall–Kier alpha value is -0.820. The molecule has 7 heteroatoms. The molecule has 6 nitrogen and oxygen atoms in total. The Kier molecular flexibility index (Phi) is 5.20. The van der Waals surface area contributed by atoms with Gasteiger partial charge in [0.2, 0.25) is 0 Å². The van der Waals surface area contributed by atoms with Crippen molar-refractivity contribution >= 4 is 15.7 Å². The molecule has 112 valence electrons. The maximum absolute atomic E-state index is 12.0. The summed E-state index contributed by atoms with van der Waals surface area (Å²) in [7, 11) is -3.06. The van der Waals surface area contributed by atoms with Gasteiger partial charge in [-0.25, -0.2) is 8.42 Å². The fraction of sp³-hybridized carbons (Fsp3) is 0.917. The van der Waals surface area contributed by atoms with Crippen molar-refractivity contribution in [3.05, 3.63) is 0 Å². The van der Waals surface area contributed by atoms with Crippen LogP contribution in [0.1, 0.15) is 33.6 Å². The van der Waals surface area contributed by atoms with E-state index in [1.165, 1.54) is 0 Å². The minimum absolute atomic E-state index is 0.112. The molecule has 0 bridgehead atoms. The second-order valence-corrected chi connectivity index (χ2v) is 8.93. The molecule has 3 N–H and O–H groups in total. The number of hydrogen-bond acceptors (Lipinski definition) is 5. The molecule has 0 aromatic carbocycles. The van der Waals surface area contributed by atoms with Gasteiger partial charge in [0.05, 0.1) is 10.5 Å². The molecule has 19 heavy (non-hydrogen) atoms. The standard InChI is InChI=1S/C12H25N3O3S/c1-12(2,3)19(17,18)9-8-15-6-4-10(5-7-15)11(13)14-16/h10,16H,4-9H2,1-3H3,(H2,13,14). The maximum Gasteiger partial charge on any atom is 0.156 e. The first kappa shape index (κ1) is 16.2. The van der Waals surface area contributed by atoms with Crippen LogP contribution in [0, 0.1) is 5.92 Å². The maximum atomic E-state index is 12.0. The summed E-state index contributed by atoms with van der Waals surface area (Å²) in [5, 5.41) is 11.7. The SMILES string of the molecule is CC(C)(C)S(=O)(=O)CCN1CCC(C(N)=NO)CC1. The Morgan fingerprint density at radius 3 is 2.32 bits per heavy atom. The van der Waals surface area contributed by atoms with Crippen molar-refractivity contribution < 1.29 is 13.6 Å². The lowest BCUT2D eigenvalue weighted by Crippen LogP contribution is -2.42. The molecule has 1 fully saturated rings. The molecule has 0 saturated carbocycles. The lowest BCUT2D eigenvalue weighted by molar-refractivity contribution is 0.216. The van der Waals surface area contributed by atoms with Crippen molar-refractivity contribution in [1.29, 1.82) is 0 Å². The van der Waals surface area contributed by atoms with E-state index in [9.17, 15) is 8.42 Å². The first-order valence-electron chi connectivity index (χ1n) is 6.59. The highest BCUT2D eigenvalue weighted by Crippen LogP contribution is 2.19. The van der Waals surface area contributed by atoms with Crippen LogP contribution in [0.15, 0.2) is 5.16 Å². The van der Waals surface area contributed by atoms with Gasteiger partial charge in [-0.2, -0.15) is 0 Å². The van der Waals surface area contributed by atoms with Crippen molar-refractivity contribution in [3.63, 3.8) is 0 Å². The van der Waals surface area contributed by atoms with E-state index in [-0.39, 0.29) is 17.5 Å². The fourth-order valence-corrected chi connectivity index (χ4v) is 3.20. The van der Waals surface area contributed by atoms with Crippen LogP contribution in [-0.2, 0) is 9.84 Å². The lowest BCUT2D eigenvalue weighted by atomic mass is 9.96. The summed E-state index contributed by atoms with van der Waals surface area (Å²) >= 11 is 0. The largest absolute Gasteiger partial charge is 0.409 e. The van der Waals surface area contributed by atoms with Crippen LogP contribution in [0.5, 0.6) is 0 Å². The third-order valence-electron chi connectivity index (χ3n) is 3.73. The number of likely N-dealkylation sites (tertiary alicyclic amines) is 1. The van der Waals surface area contributed by atoms with Gasteiger partial charge in [0.15, 0.2) is 9.84 Å². The number of oxime groups is 1. The summed E-state index contributed by atoms with van der Waals surface area (Å²) < 4.78 is 23.3. The monoisotopic (exact) mass is 291 g/mol. The number of piperidine rings is 1. The topological polar surface area (TPSA) is 96.0 Å². The average Bonchev–Trinajstić information content (AvgIpc) is 2.35. The van der Waals surface area contributed by atoms with Crippen molar-refractivity contribution in [2.75, 3.05) is 25.4 Å². The molecular weight excluding hydrogens is 266 g/mol. The zero-order valence-electron chi connectivity index (χ0n) is 12.0. The quantitative estimate of drug-likeness (QED) is 0.343. The van der Waals surface area contributed by atoms with Crippen LogP contribution < -0.4 is 5.73 Å². The summed E-state index contributed by atoms with van der Waals surface area (Å²) in [6.45, 7) is 7.33. The molecule has 0 radical (unpaired) electrons. The minimum Gasteiger partial charge on any atom is -0.409 e. The number of hydrogen-bond donors (Lipinski definition) is 2. The van der Waals surface area contributed by atoms with E-state index < -0.39 is 14.6 Å². The number of sulfone groups is 1. The van der Waals surface area contributed by atoms with Crippen molar-refractivity contribution in [2.45, 2.75) is 38.4 Å². The van der Waals surface area contributed by atoms with Gasteiger partial charge < -0.3 is 15.8 Å². The molecule has 0 aromatic heterocycles. The summed E-state index contributed by atoms with van der Waals surface area (Å²) in [6, 6.07) is 0. The lowest BCUT2D eigenvalue weighted by Gasteiger charge is -2.31. The number of nitrogens with two attached hydrogens (primary N) is 1. The highest BCUT2D eigenvalue weighted by Gasteiger charge is 2.30. The molecule has 0 atom stereocenters. The number of amidine groups is 1. The Morgan fingerprint density at radius 2 is 1.89 bits per heavy atom. The molecule has 0 aliphatic carbocycles. The first-order chi connectivity index (χ1) is 8.67. The second-order valence-electron chi connectivity index (χ2n) is 6.07. The van der Waals surface area contributed by atoms with E-state index >= 15 is 0 Å². The van der Waals surface area contributed by atoms with Crippen LogP contribution in [-0.4, -0.2) is 54.5 Å². The number of rotatable bonds is 4. The average molecular weight is 291 g/mol. The van der Waals surface area contributed by atoms with Crippen LogP contribution in [0.25, 0.3) is 0 Å². The highest BCUT2D eigenvalue weighted by molar-refractivity contribution is 7.92. The van der Waals surface area contributed by atoms with E-state index in [1.54, 1.807) is 20.8 Å². The molecule has 1 rings (SSSR count). The Morgan fingerprint density at radius 1 is 1.37 bits per heavy atom. The zero-order chi connectivity index (χ0) is 14.7. The van der Waals surface area contributed by atoms with Gasteiger partial charge in [-0.05, 0) is 46.7 Å². The predicted molar refractivity (Wildman–Crippen MR) is 76.1 cm³/mol. The molecule has 0 spiro atoms. The normalized spacial score (nSPS) is 20.7. The summed E-state index contributed by atoms with van der Waals surface area (Å²) in [5.74, 6) is 0.576. The third-order valence-corrected chi connectivity index (χ3v) is 6.32. The van der Waals surface area contributed by atoms with E-state index in [1.807, 2.05) is 0 Å². The number of nitrogens with zero attached hydrogens (tertiary/aromatic N) is 2. The fourth-order valence-electron chi connectivity index (χ4n) is 2.09. The third kappa shape index (κ3) is 4.35. The molecule has 1 aliphatic rings. The molecule has 1 aliphatic heterocycles. The second kappa shape index (κ2) is 6.09. The minimum atomic E-state index is -3.06. The Bertz CT molecular complexity index is 418. The van der Waals surface area contributed by atoms with Gasteiger partial charge in [0.1, 0.15) is 5.84 Å². The molecule has 0 aromatic rings. The van der Waals surface area contributed by atoms with E-state index in [2.05, 4.69) is 10.1 Å². The first-order valence-corrected chi connectivity index (χ1v) is 8.24. The smallest absolute Gasteiger partial charge is 0.156 e. The van der Waals surface area contributed by atoms with Gasteiger partial charge in [-0.1, -0.05) is 5.16 Å². The van der Waals surface area contributed by atoms with E-state index in [0.29, 0.717) is 6.54 Å². The predicted octanol–water partition coefficient (Wildman–Crippen LogP) is 0.658. The van der Waals surface area contributed by atoms with E-state index in [4.69, 9.17) is 10.9 Å². The van der Waals surface area contributed by atoms with Crippen LogP contribution in [0.2, 0.25) is 0 Å². The van der Waals surface area contributed by atoms with Crippen molar-refractivity contribution in [1.82, 2.24) is 4.90 Å². The summed E-state index contributed by atoms with van der Waals surface area (Å²) in [6.07, 6.45) is 1.62. The van der Waals surface area contributed by atoms with Crippen LogP contribution in [0.3, 0.4) is 0 Å². The van der Waals surface area contributed by atoms with Crippen molar-refractivity contribution in [2.24, 2.45) is 16.8 Å². The zero-order valence-corrected chi connectivity index (χ0v) is 12.8. The molecule has 0 amide bonds. The molecular formula is C12H25N3O3S. The van der Waals surface area contributed by atoms with Gasteiger partial charge in [-0.15, -0.1) is 0 Å². The van der Waals surface area contributed by atoms with E-state index in [0.717, 1.165) is 25.9 Å². The summed E-state index contributed by atoms with van der Waals surface area (Å²) in [4.78, 5) is 2.13. The van der Waals surface area contributed by atoms with Gasteiger partial charge in [0, 0.05) is 12.5 Å². The molecule has 1 saturated heterocycles. The highest BCUT2D eigenvalue weighted by atomic mass is 32.2. The van der Waals surface area contributed by atoms with Crippen LogP contribution >= 0.6 is 0 Å². The van der Waals surface area contributed by atoms with Crippen molar-refractivity contribution in [3.8, 4) is 0 Å². The van der Waals surface area contributed by atoms with Gasteiger partial charge in [0.25, 0.3) is 0 Å². The molecule has 0 unspecified atom stereocenters. The Labute approximate surface area is 115 Å². The Balaban J connectivity index is 2.43. The van der Waals surface area contributed by atoms with Gasteiger partial charge in [-0.3, -0.25) is 0 Å². The van der Waals surface area contributed by atoms with Crippen LogP contribution in [0.4, 0.5) is 0 Å². The van der Waals surface area contributed by atoms with Gasteiger partial charge >= 0.3 is 0 Å².